The van der Waals surface area contributed by atoms with Gasteiger partial charge in [0, 0.05) is 11.1 Å². The largest absolute Gasteiger partial charge is 0.385 e. The van der Waals surface area contributed by atoms with Crippen molar-refractivity contribution in [1.29, 1.82) is 0 Å². The lowest BCUT2D eigenvalue weighted by Gasteiger charge is -2.29. The van der Waals surface area contributed by atoms with Gasteiger partial charge in [-0.1, -0.05) is 36.2 Å². The molecule has 1 amide bonds. The number of hydrogen-bond acceptors (Lipinski definition) is 4. The molecule has 1 aromatic carbocycles. The lowest BCUT2D eigenvalue weighted by molar-refractivity contribution is -0.127. The number of hydrogen-bond donors (Lipinski definition) is 1. The maximum Gasteiger partial charge on any atom is 0.261 e. The van der Waals surface area contributed by atoms with Crippen LogP contribution in [0.25, 0.3) is 11.0 Å². The maximum absolute atomic E-state index is 12.0. The molecule has 1 saturated carbocycles. The predicted molar refractivity (Wildman–Crippen MR) is 83.5 cm³/mol. The first-order chi connectivity index (χ1) is 10.6. The molecule has 3 rings (SSSR count). The van der Waals surface area contributed by atoms with Crippen LogP contribution in [0.3, 0.4) is 0 Å². The Morgan fingerprint density at radius 1 is 1.45 bits per heavy atom. The Morgan fingerprint density at radius 2 is 2.27 bits per heavy atom. The summed E-state index contributed by atoms with van der Waals surface area (Å²) >= 11 is 5.95. The molecule has 1 fully saturated rings. The maximum atomic E-state index is 12.0. The molecule has 2 atom stereocenters. The van der Waals surface area contributed by atoms with Crippen LogP contribution in [0.1, 0.15) is 32.6 Å². The molecule has 22 heavy (non-hydrogen) atoms. The number of nitrogens with one attached hydrogen (secondary N) is 1. The van der Waals surface area contributed by atoms with Crippen LogP contribution >= 0.6 is 11.6 Å². The Hall–Kier alpha value is -1.82. The minimum atomic E-state index is -0.135. The van der Waals surface area contributed by atoms with E-state index in [0.29, 0.717) is 22.0 Å². The highest BCUT2D eigenvalue weighted by molar-refractivity contribution is 6.31. The highest BCUT2D eigenvalue weighted by Gasteiger charge is 2.23. The smallest absolute Gasteiger partial charge is 0.261 e. The van der Waals surface area contributed by atoms with Crippen LogP contribution < -0.4 is 10.2 Å². The molecule has 1 aromatic heterocycles. The zero-order chi connectivity index (χ0) is 15.5. The van der Waals surface area contributed by atoms with E-state index in [9.17, 15) is 4.79 Å². The van der Waals surface area contributed by atoms with Crippen molar-refractivity contribution in [2.75, 3.05) is 6.61 Å². The number of fused-ring (bicyclic) bond motifs is 1. The number of benzene rings is 1. The first-order valence-corrected chi connectivity index (χ1v) is 7.95. The van der Waals surface area contributed by atoms with Crippen LogP contribution in [0.4, 0.5) is 0 Å². The second-order valence-electron chi connectivity index (χ2n) is 5.80. The summed E-state index contributed by atoms with van der Waals surface area (Å²) in [4.78, 5) is 18.7. The molecule has 0 bridgehead atoms. The van der Waals surface area contributed by atoms with Gasteiger partial charge in [0.05, 0.1) is 0 Å². The van der Waals surface area contributed by atoms with Crippen LogP contribution in [0.2, 0.25) is 5.02 Å². The zero-order valence-corrected chi connectivity index (χ0v) is 13.2. The quantitative estimate of drug-likeness (QED) is 0.937. The third-order valence-electron chi connectivity index (χ3n) is 4.15. The normalized spacial score (nSPS) is 21.7. The van der Waals surface area contributed by atoms with Crippen molar-refractivity contribution in [2.45, 2.75) is 38.6 Å². The molecule has 1 N–H and O–H groups in total. The third-order valence-corrected chi connectivity index (χ3v) is 4.39. The summed E-state index contributed by atoms with van der Waals surface area (Å²) < 4.78 is 0. The third kappa shape index (κ3) is 3.32. The van der Waals surface area contributed by atoms with Crippen LogP contribution in [-0.2, 0) is 4.79 Å². The summed E-state index contributed by atoms with van der Waals surface area (Å²) in [6, 6.07) is 5.44. The molecular weight excluding hydrogens is 304 g/mol. The van der Waals surface area contributed by atoms with Crippen LogP contribution in [0.5, 0.6) is 0 Å². The van der Waals surface area contributed by atoms with E-state index in [0.717, 1.165) is 12.8 Å². The molecule has 6 nitrogen and oxygen atoms in total. The molecule has 1 aliphatic carbocycles. The summed E-state index contributed by atoms with van der Waals surface area (Å²) in [5, 5.41) is 11.4. The fourth-order valence-electron chi connectivity index (χ4n) is 2.87. The Morgan fingerprint density at radius 3 is 3.09 bits per heavy atom. The van der Waals surface area contributed by atoms with Crippen LogP contribution in [0.15, 0.2) is 18.2 Å². The number of nitrogens with zero attached hydrogens (tertiary/aromatic N) is 3. The van der Waals surface area contributed by atoms with E-state index < -0.39 is 0 Å². The average molecular weight is 323 g/mol. The number of aromatic nitrogens is 3. The Kier molecular flexibility index (Phi) is 4.47. The molecule has 0 spiro atoms. The van der Waals surface area contributed by atoms with Crippen LogP contribution in [-0.4, -0.2) is 33.7 Å². The summed E-state index contributed by atoms with van der Waals surface area (Å²) in [6.45, 7) is 2.09. The minimum absolute atomic E-state index is 0.0891. The van der Waals surface area contributed by atoms with Crippen LogP contribution in [0, 0.1) is 5.92 Å². The fraction of sp³-hybridized carbons (Fsp3) is 0.533. The average Bonchev–Trinajstić information content (AvgIpc) is 2.90. The molecule has 2 aromatic rings. The number of carbonyl (C=O) groups excluding carboxylic acids is 1. The van der Waals surface area contributed by atoms with Crippen molar-refractivity contribution in [3.05, 3.63) is 23.2 Å². The molecule has 1 aliphatic rings. The molecule has 118 valence electrons. The van der Waals surface area contributed by atoms with Crippen molar-refractivity contribution in [2.24, 2.45) is 5.92 Å². The van der Waals surface area contributed by atoms with Gasteiger partial charge < -0.3 is 10.2 Å². The van der Waals surface area contributed by atoms with Gasteiger partial charge in [0.25, 0.3) is 5.91 Å². The fourth-order valence-corrected chi connectivity index (χ4v) is 3.03. The Labute approximate surface area is 133 Å². The van der Waals surface area contributed by atoms with Gasteiger partial charge in [-0.25, -0.2) is 0 Å². The van der Waals surface area contributed by atoms with Gasteiger partial charge in [-0.3, -0.25) is 4.79 Å². The van der Waals surface area contributed by atoms with Gasteiger partial charge in [0.2, 0.25) is 0 Å². The molecule has 0 saturated heterocycles. The molecular formula is C15H19ClN4O2. The number of rotatable bonds is 4. The summed E-state index contributed by atoms with van der Waals surface area (Å²) in [6.07, 6.45) is 4.62. The Balaban J connectivity index is 1.59. The molecule has 0 radical (unpaired) electrons. The van der Waals surface area contributed by atoms with E-state index in [-0.39, 0.29) is 18.6 Å². The van der Waals surface area contributed by atoms with Crippen molar-refractivity contribution in [3.8, 4) is 0 Å². The lowest BCUT2D eigenvalue weighted by Crippen LogP contribution is -2.43. The first kappa shape index (κ1) is 15.1. The zero-order valence-electron chi connectivity index (χ0n) is 12.5. The SMILES string of the molecule is C[C@H]1CCCC[C@@H]1NC(=O)COn1nnc2ccc(Cl)cc21. The molecule has 0 aliphatic heterocycles. The number of carbonyl (C=O) groups is 1. The topological polar surface area (TPSA) is 69.0 Å². The van der Waals surface area contributed by atoms with Gasteiger partial charge in [0.1, 0.15) is 11.0 Å². The number of amides is 1. The van der Waals surface area contributed by atoms with Crippen molar-refractivity contribution < 1.29 is 9.63 Å². The summed E-state index contributed by atoms with van der Waals surface area (Å²) in [5.41, 5.74) is 1.32. The van der Waals surface area contributed by atoms with Gasteiger partial charge >= 0.3 is 0 Å². The van der Waals surface area contributed by atoms with Gasteiger partial charge in [-0.05, 0) is 42.2 Å². The van der Waals surface area contributed by atoms with E-state index >= 15 is 0 Å². The van der Waals surface area contributed by atoms with E-state index in [4.69, 9.17) is 16.4 Å². The lowest BCUT2D eigenvalue weighted by atomic mass is 9.86. The predicted octanol–water partition coefficient (Wildman–Crippen LogP) is 2.21. The highest BCUT2D eigenvalue weighted by Crippen LogP contribution is 2.23. The second-order valence-corrected chi connectivity index (χ2v) is 6.24. The molecule has 7 heteroatoms. The molecule has 1 heterocycles. The Bertz CT molecular complexity index is 673. The van der Waals surface area contributed by atoms with Crippen molar-refractivity contribution >= 4 is 28.5 Å². The highest BCUT2D eigenvalue weighted by atomic mass is 35.5. The van der Waals surface area contributed by atoms with E-state index in [2.05, 4.69) is 22.6 Å². The first-order valence-electron chi connectivity index (χ1n) is 7.57. The van der Waals surface area contributed by atoms with Gasteiger partial charge in [-0.15, -0.1) is 5.10 Å². The van der Waals surface area contributed by atoms with Crippen molar-refractivity contribution in [1.82, 2.24) is 20.5 Å². The van der Waals surface area contributed by atoms with Gasteiger partial charge in [0.15, 0.2) is 6.61 Å². The van der Waals surface area contributed by atoms with Gasteiger partial charge in [-0.2, -0.15) is 0 Å². The van der Waals surface area contributed by atoms with Crippen molar-refractivity contribution in [3.63, 3.8) is 0 Å². The monoisotopic (exact) mass is 322 g/mol. The van der Waals surface area contributed by atoms with E-state index in [1.807, 2.05) is 0 Å². The molecule has 0 unspecified atom stereocenters. The summed E-state index contributed by atoms with van der Waals surface area (Å²) in [5.74, 6) is 0.383. The minimum Gasteiger partial charge on any atom is -0.385 e. The summed E-state index contributed by atoms with van der Waals surface area (Å²) in [7, 11) is 0. The van der Waals surface area contributed by atoms with E-state index in [1.165, 1.54) is 17.7 Å². The van der Waals surface area contributed by atoms with E-state index in [1.54, 1.807) is 18.2 Å². The number of halogens is 1. The second kappa shape index (κ2) is 6.52. The standard InChI is InChI=1S/C15H19ClN4O2/c1-10-4-2-3-5-12(10)17-15(21)9-22-20-14-8-11(16)6-7-13(14)18-19-20/h6-8,10,12H,2-5,9H2,1H3,(H,17,21)/t10-,12-/m0/s1.